The van der Waals surface area contributed by atoms with Gasteiger partial charge < -0.3 is 4.74 Å². The SMILES string of the molecule is C[C@H](OC(=O)CN1C(=O)c2cccc([N+](=O)[O-])c2C1=O)C(=O)c1ccccc1. The lowest BCUT2D eigenvalue weighted by Crippen LogP contribution is -2.37. The fourth-order valence-electron chi connectivity index (χ4n) is 2.87. The number of amides is 2. The van der Waals surface area contributed by atoms with Gasteiger partial charge in [-0.05, 0) is 13.0 Å². The second-order valence-electron chi connectivity index (χ2n) is 6.02. The summed E-state index contributed by atoms with van der Waals surface area (Å²) in [5.74, 6) is -3.20. The number of hydrogen-bond acceptors (Lipinski definition) is 7. The van der Waals surface area contributed by atoms with Crippen LogP contribution in [-0.2, 0) is 9.53 Å². The molecule has 0 fully saturated rings. The third-order valence-corrected chi connectivity index (χ3v) is 4.20. The number of fused-ring (bicyclic) bond motifs is 1. The van der Waals surface area contributed by atoms with Crippen molar-refractivity contribution in [3.63, 3.8) is 0 Å². The largest absolute Gasteiger partial charge is 0.453 e. The summed E-state index contributed by atoms with van der Waals surface area (Å²) in [6.07, 6.45) is -1.13. The molecule has 9 heteroatoms. The lowest BCUT2D eigenvalue weighted by Gasteiger charge is -2.16. The minimum atomic E-state index is -1.13. The number of nitro benzene ring substituents is 1. The van der Waals surface area contributed by atoms with Crippen LogP contribution in [-0.4, -0.2) is 46.0 Å². The molecule has 2 aromatic rings. The number of ether oxygens (including phenoxy) is 1. The van der Waals surface area contributed by atoms with E-state index in [4.69, 9.17) is 4.74 Å². The van der Waals surface area contributed by atoms with Crippen LogP contribution < -0.4 is 0 Å². The highest BCUT2D eigenvalue weighted by Crippen LogP contribution is 2.30. The number of nitro groups is 1. The molecule has 2 amide bonds. The smallest absolute Gasteiger partial charge is 0.326 e. The van der Waals surface area contributed by atoms with E-state index in [1.807, 2.05) is 0 Å². The monoisotopic (exact) mass is 382 g/mol. The number of imide groups is 1. The van der Waals surface area contributed by atoms with E-state index in [0.29, 0.717) is 10.5 Å². The lowest BCUT2D eigenvalue weighted by molar-refractivity contribution is -0.385. The second-order valence-corrected chi connectivity index (χ2v) is 6.02. The number of benzene rings is 2. The maximum Gasteiger partial charge on any atom is 0.326 e. The number of rotatable bonds is 6. The first-order chi connectivity index (χ1) is 13.3. The average molecular weight is 382 g/mol. The van der Waals surface area contributed by atoms with Crippen molar-refractivity contribution in [2.75, 3.05) is 6.54 Å². The summed E-state index contributed by atoms with van der Waals surface area (Å²) in [6, 6.07) is 11.8. The van der Waals surface area contributed by atoms with Gasteiger partial charge in [0.25, 0.3) is 17.5 Å². The summed E-state index contributed by atoms with van der Waals surface area (Å²) in [6.45, 7) is 0.621. The topological polar surface area (TPSA) is 124 Å². The highest BCUT2D eigenvalue weighted by molar-refractivity contribution is 6.24. The van der Waals surface area contributed by atoms with E-state index in [1.54, 1.807) is 30.3 Å². The molecule has 1 aliphatic rings. The van der Waals surface area contributed by atoms with E-state index in [1.165, 1.54) is 19.1 Å². The molecule has 1 heterocycles. The van der Waals surface area contributed by atoms with Gasteiger partial charge in [0, 0.05) is 11.6 Å². The Labute approximate surface area is 158 Å². The normalized spacial score (nSPS) is 13.8. The Morgan fingerprint density at radius 3 is 2.39 bits per heavy atom. The van der Waals surface area contributed by atoms with Crippen molar-refractivity contribution in [2.24, 2.45) is 0 Å². The molecule has 28 heavy (non-hydrogen) atoms. The Balaban J connectivity index is 1.72. The van der Waals surface area contributed by atoms with Gasteiger partial charge in [-0.1, -0.05) is 36.4 Å². The van der Waals surface area contributed by atoms with Crippen molar-refractivity contribution in [1.82, 2.24) is 4.90 Å². The molecule has 0 spiro atoms. The van der Waals surface area contributed by atoms with Crippen LogP contribution in [0.5, 0.6) is 0 Å². The molecule has 0 aromatic heterocycles. The van der Waals surface area contributed by atoms with Crippen LogP contribution in [0.3, 0.4) is 0 Å². The Kier molecular flexibility index (Phi) is 4.99. The van der Waals surface area contributed by atoms with Crippen LogP contribution in [0.25, 0.3) is 0 Å². The Morgan fingerprint density at radius 1 is 1.07 bits per heavy atom. The zero-order valence-electron chi connectivity index (χ0n) is 14.7. The van der Waals surface area contributed by atoms with Crippen LogP contribution in [0.4, 0.5) is 5.69 Å². The summed E-state index contributed by atoms with van der Waals surface area (Å²) in [4.78, 5) is 60.1. The molecule has 2 aromatic carbocycles. The van der Waals surface area contributed by atoms with Gasteiger partial charge in [0.15, 0.2) is 6.10 Å². The zero-order valence-corrected chi connectivity index (χ0v) is 14.7. The molecule has 0 radical (unpaired) electrons. The minimum Gasteiger partial charge on any atom is -0.453 e. The van der Waals surface area contributed by atoms with E-state index in [9.17, 15) is 29.3 Å². The molecule has 0 bridgehead atoms. The number of hydrogen-bond donors (Lipinski definition) is 0. The van der Waals surface area contributed by atoms with Crippen molar-refractivity contribution >= 4 is 29.3 Å². The molecule has 1 atom stereocenters. The Hall–Kier alpha value is -3.88. The van der Waals surface area contributed by atoms with E-state index in [-0.39, 0.29) is 11.1 Å². The van der Waals surface area contributed by atoms with Gasteiger partial charge in [0.2, 0.25) is 5.78 Å². The molecule has 1 aliphatic heterocycles. The molecule has 3 rings (SSSR count). The van der Waals surface area contributed by atoms with Crippen LogP contribution in [0.1, 0.15) is 38.0 Å². The minimum absolute atomic E-state index is 0.152. The number of carbonyl (C=O) groups is 4. The summed E-state index contributed by atoms with van der Waals surface area (Å²) >= 11 is 0. The first-order valence-electron chi connectivity index (χ1n) is 8.23. The van der Waals surface area contributed by atoms with Crippen molar-refractivity contribution in [3.8, 4) is 0 Å². The predicted molar refractivity (Wildman–Crippen MR) is 94.8 cm³/mol. The average Bonchev–Trinajstić information content (AvgIpc) is 2.92. The van der Waals surface area contributed by atoms with Gasteiger partial charge in [-0.3, -0.25) is 34.2 Å². The quantitative estimate of drug-likeness (QED) is 0.246. The fourth-order valence-corrected chi connectivity index (χ4v) is 2.87. The van der Waals surface area contributed by atoms with Crippen molar-refractivity contribution in [3.05, 3.63) is 75.3 Å². The van der Waals surface area contributed by atoms with E-state index in [0.717, 1.165) is 6.07 Å². The van der Waals surface area contributed by atoms with Crippen LogP contribution >= 0.6 is 0 Å². The lowest BCUT2D eigenvalue weighted by atomic mass is 10.1. The van der Waals surface area contributed by atoms with Gasteiger partial charge in [-0.25, -0.2) is 0 Å². The standard InChI is InChI=1S/C19H14N2O7/c1-11(17(23)12-6-3-2-4-7-12)28-15(22)10-20-18(24)13-8-5-9-14(21(26)27)16(13)19(20)25/h2-9,11H,10H2,1H3/t11-/m0/s1. The van der Waals surface area contributed by atoms with Crippen LogP contribution in [0.2, 0.25) is 0 Å². The van der Waals surface area contributed by atoms with Crippen molar-refractivity contribution in [2.45, 2.75) is 13.0 Å². The van der Waals surface area contributed by atoms with E-state index < -0.39 is 46.8 Å². The van der Waals surface area contributed by atoms with Gasteiger partial charge in [-0.2, -0.15) is 0 Å². The Bertz CT molecular complexity index is 1000. The predicted octanol–water partition coefficient (Wildman–Crippen LogP) is 2.01. The molecule has 9 nitrogen and oxygen atoms in total. The zero-order chi connectivity index (χ0) is 20.4. The fraction of sp³-hybridized carbons (Fsp3) is 0.158. The first kappa shape index (κ1) is 18.9. The molecular weight excluding hydrogens is 368 g/mol. The van der Waals surface area contributed by atoms with Gasteiger partial charge in [0.05, 0.1) is 10.5 Å². The van der Waals surface area contributed by atoms with Crippen molar-refractivity contribution in [1.29, 1.82) is 0 Å². The summed E-state index contributed by atoms with van der Waals surface area (Å²) < 4.78 is 5.03. The van der Waals surface area contributed by atoms with E-state index in [2.05, 4.69) is 0 Å². The Morgan fingerprint density at radius 2 is 1.75 bits per heavy atom. The van der Waals surface area contributed by atoms with Gasteiger partial charge in [0.1, 0.15) is 12.1 Å². The maximum absolute atomic E-state index is 12.4. The third kappa shape index (κ3) is 3.37. The van der Waals surface area contributed by atoms with Crippen LogP contribution in [0.15, 0.2) is 48.5 Å². The number of esters is 1. The number of carbonyl (C=O) groups excluding carboxylic acids is 4. The summed E-state index contributed by atoms with van der Waals surface area (Å²) in [5.41, 5.74) is -0.683. The highest BCUT2D eigenvalue weighted by Gasteiger charge is 2.42. The maximum atomic E-state index is 12.4. The molecule has 0 unspecified atom stereocenters. The first-order valence-corrected chi connectivity index (χ1v) is 8.23. The van der Waals surface area contributed by atoms with Gasteiger partial charge >= 0.3 is 5.97 Å². The second kappa shape index (κ2) is 7.39. The molecule has 0 N–H and O–H groups in total. The highest BCUT2D eigenvalue weighted by atomic mass is 16.6. The van der Waals surface area contributed by atoms with Crippen LogP contribution in [0, 0.1) is 10.1 Å². The number of nitrogens with zero attached hydrogens (tertiary/aromatic N) is 2. The third-order valence-electron chi connectivity index (χ3n) is 4.20. The summed E-state index contributed by atoms with van der Waals surface area (Å²) in [7, 11) is 0. The molecule has 0 saturated carbocycles. The van der Waals surface area contributed by atoms with Crippen molar-refractivity contribution < 1.29 is 28.8 Å². The molecule has 142 valence electrons. The molecule has 0 aliphatic carbocycles. The molecule has 0 saturated heterocycles. The van der Waals surface area contributed by atoms with Gasteiger partial charge in [-0.15, -0.1) is 0 Å². The summed E-state index contributed by atoms with van der Waals surface area (Å²) in [5, 5.41) is 11.1. The molecular formula is C19H14N2O7. The number of Topliss-reactive ketones (excluding diaryl/α,β-unsaturated/α-hetero) is 1. The van der Waals surface area contributed by atoms with E-state index >= 15 is 0 Å². The number of ketones is 1.